The number of carboxylic acids is 1. The second kappa shape index (κ2) is 4.56. The van der Waals surface area contributed by atoms with Gasteiger partial charge in [-0.3, -0.25) is 4.79 Å². The molecule has 0 spiro atoms. The second-order valence-electron chi connectivity index (χ2n) is 4.69. The van der Waals surface area contributed by atoms with Gasteiger partial charge in [0, 0.05) is 11.7 Å². The molecule has 1 aromatic carbocycles. The summed E-state index contributed by atoms with van der Waals surface area (Å²) in [5.41, 5.74) is -1.63. The number of carbonyl (C=O) groups is 1. The fraction of sp³-hybridized carbons (Fsp3) is 0.385. The van der Waals surface area contributed by atoms with E-state index in [1.165, 1.54) is 19.1 Å². The lowest BCUT2D eigenvalue weighted by Gasteiger charge is -2.02. The summed E-state index contributed by atoms with van der Waals surface area (Å²) in [6, 6.07) is 6.51. The summed E-state index contributed by atoms with van der Waals surface area (Å²) >= 11 is 0. The quantitative estimate of drug-likeness (QED) is 0.904. The van der Waals surface area contributed by atoms with Gasteiger partial charge in [-0.05, 0) is 17.7 Å². The number of halogens is 1. The average molecular weight is 297 g/mol. The highest BCUT2D eigenvalue weighted by Crippen LogP contribution is 2.62. The first-order valence-electron chi connectivity index (χ1n) is 5.93. The molecule has 0 heterocycles. The summed E-state index contributed by atoms with van der Waals surface area (Å²) in [4.78, 5) is 11.4. The third kappa shape index (κ3) is 1.88. The van der Waals surface area contributed by atoms with Crippen LogP contribution in [0.1, 0.15) is 18.4 Å². The summed E-state index contributed by atoms with van der Waals surface area (Å²) < 4.78 is 36.9. The molecule has 20 heavy (non-hydrogen) atoms. The summed E-state index contributed by atoms with van der Waals surface area (Å²) in [6.45, 7) is 1.40. The van der Waals surface area contributed by atoms with Crippen molar-refractivity contribution in [1.29, 1.82) is 5.26 Å². The lowest BCUT2D eigenvalue weighted by molar-refractivity contribution is -0.141. The van der Waals surface area contributed by atoms with E-state index in [0.29, 0.717) is 5.56 Å². The van der Waals surface area contributed by atoms with Crippen LogP contribution in [0.2, 0.25) is 0 Å². The molecule has 1 fully saturated rings. The maximum absolute atomic E-state index is 12.9. The molecule has 1 aromatic rings. The molecule has 0 aliphatic heterocycles. The van der Waals surface area contributed by atoms with Crippen molar-refractivity contribution in [1.82, 2.24) is 0 Å². The summed E-state index contributed by atoms with van der Waals surface area (Å²) in [5.74, 6) is -3.18. The zero-order valence-corrected chi connectivity index (χ0v) is 11.4. The van der Waals surface area contributed by atoms with Gasteiger partial charge in [0.15, 0.2) is 15.3 Å². The van der Waals surface area contributed by atoms with E-state index in [0.717, 1.165) is 12.1 Å². The van der Waals surface area contributed by atoms with Crippen LogP contribution >= 0.6 is 0 Å². The molecule has 106 valence electrons. The minimum absolute atomic E-state index is 0.244. The van der Waals surface area contributed by atoms with Gasteiger partial charge in [-0.15, -0.1) is 0 Å². The average Bonchev–Trinajstić information content (AvgIpc) is 3.11. The molecule has 7 heteroatoms. The van der Waals surface area contributed by atoms with Gasteiger partial charge >= 0.3 is 5.97 Å². The minimum atomic E-state index is -3.69. The van der Waals surface area contributed by atoms with E-state index in [-0.39, 0.29) is 5.75 Å². The van der Waals surface area contributed by atoms with E-state index in [2.05, 4.69) is 0 Å². The number of carboxylic acid groups (broad SMARTS) is 1. The molecule has 5 nitrogen and oxygen atoms in total. The first-order chi connectivity index (χ1) is 9.31. The maximum Gasteiger partial charge on any atom is 0.326 e. The fourth-order valence-corrected chi connectivity index (χ4v) is 4.50. The molecule has 1 saturated carbocycles. The highest BCUT2D eigenvalue weighted by atomic mass is 32.2. The Kier molecular flexibility index (Phi) is 3.30. The van der Waals surface area contributed by atoms with Crippen LogP contribution in [-0.4, -0.2) is 30.5 Å². The number of sulfone groups is 1. The van der Waals surface area contributed by atoms with E-state index in [1.54, 1.807) is 6.07 Å². The summed E-state index contributed by atoms with van der Waals surface area (Å²) in [6.07, 6.45) is 0. The Morgan fingerprint density at radius 2 is 2.00 bits per heavy atom. The normalized spacial score (nSPS) is 28.6. The molecule has 0 saturated heterocycles. The number of benzene rings is 1. The standard InChI is InChI=1S/C13H12FNO4S/c1-2-20(18,19)11-10(13(11,7-15)12(16)17)8-3-5-9(14)6-4-8/h3-6,10-11H,2H2,1H3,(H,16,17)/t10-,11-,13+/m1/s1. The third-order valence-electron chi connectivity index (χ3n) is 3.69. The van der Waals surface area contributed by atoms with Crippen LogP contribution < -0.4 is 0 Å². The number of aliphatic carboxylic acids is 1. The Labute approximate surface area is 115 Å². The van der Waals surface area contributed by atoms with Crippen molar-refractivity contribution < 1.29 is 22.7 Å². The monoisotopic (exact) mass is 297 g/mol. The van der Waals surface area contributed by atoms with Crippen molar-refractivity contribution in [2.45, 2.75) is 18.1 Å². The van der Waals surface area contributed by atoms with Gasteiger partial charge in [-0.25, -0.2) is 12.8 Å². The first-order valence-corrected chi connectivity index (χ1v) is 7.64. The number of nitriles is 1. The molecule has 2 rings (SSSR count). The number of nitrogens with zero attached hydrogens (tertiary/aromatic N) is 1. The van der Waals surface area contributed by atoms with Crippen molar-refractivity contribution in [2.75, 3.05) is 5.75 Å². The molecular formula is C13H12FNO4S. The van der Waals surface area contributed by atoms with E-state index in [9.17, 15) is 28.0 Å². The minimum Gasteiger partial charge on any atom is -0.480 e. The smallest absolute Gasteiger partial charge is 0.326 e. The Hall–Kier alpha value is -1.94. The lowest BCUT2D eigenvalue weighted by atomic mass is 10.0. The Morgan fingerprint density at radius 3 is 2.40 bits per heavy atom. The topological polar surface area (TPSA) is 95.2 Å². The third-order valence-corrected chi connectivity index (χ3v) is 5.91. The molecule has 1 N–H and O–H groups in total. The van der Waals surface area contributed by atoms with Gasteiger partial charge in [0.25, 0.3) is 0 Å². The zero-order chi connectivity index (χ0) is 15.1. The van der Waals surface area contributed by atoms with Crippen molar-refractivity contribution in [3.63, 3.8) is 0 Å². The summed E-state index contributed by atoms with van der Waals surface area (Å²) in [7, 11) is -3.69. The molecule has 3 atom stereocenters. The SMILES string of the molecule is CCS(=O)(=O)[C@@H]1[C@@H](c2ccc(F)cc2)[C@]1(C#N)C(=O)O. The van der Waals surface area contributed by atoms with E-state index in [1.807, 2.05) is 0 Å². The van der Waals surface area contributed by atoms with Gasteiger partial charge in [0.2, 0.25) is 0 Å². The second-order valence-corrected chi connectivity index (χ2v) is 7.10. The van der Waals surface area contributed by atoms with Crippen LogP contribution in [0, 0.1) is 22.6 Å². The fourth-order valence-electron chi connectivity index (χ4n) is 2.57. The molecule has 0 amide bonds. The van der Waals surface area contributed by atoms with E-state index >= 15 is 0 Å². The van der Waals surface area contributed by atoms with Crippen molar-refractivity contribution in [3.8, 4) is 6.07 Å². The van der Waals surface area contributed by atoms with Crippen LogP contribution in [0.4, 0.5) is 4.39 Å². The van der Waals surface area contributed by atoms with Gasteiger partial charge in [-0.2, -0.15) is 5.26 Å². The Bertz CT molecular complexity index is 692. The van der Waals surface area contributed by atoms with Gasteiger partial charge in [-0.1, -0.05) is 19.1 Å². The molecule has 0 bridgehead atoms. The summed E-state index contributed by atoms with van der Waals surface area (Å²) in [5, 5.41) is 17.1. The van der Waals surface area contributed by atoms with Crippen LogP contribution in [0.5, 0.6) is 0 Å². The van der Waals surface area contributed by atoms with Gasteiger partial charge in [0.1, 0.15) is 11.1 Å². The van der Waals surface area contributed by atoms with E-state index < -0.39 is 38.2 Å². The van der Waals surface area contributed by atoms with Gasteiger partial charge in [0.05, 0.1) is 6.07 Å². The lowest BCUT2D eigenvalue weighted by Crippen LogP contribution is -2.23. The van der Waals surface area contributed by atoms with Crippen molar-refractivity contribution in [2.24, 2.45) is 5.41 Å². The maximum atomic E-state index is 12.9. The first kappa shape index (κ1) is 14.5. The highest BCUT2D eigenvalue weighted by Gasteiger charge is 2.76. The molecular weight excluding hydrogens is 285 g/mol. The van der Waals surface area contributed by atoms with Crippen LogP contribution in [0.15, 0.2) is 24.3 Å². The number of rotatable bonds is 4. The van der Waals surface area contributed by atoms with Crippen LogP contribution in [0.25, 0.3) is 0 Å². The van der Waals surface area contributed by atoms with E-state index in [4.69, 9.17) is 0 Å². The number of hydrogen-bond acceptors (Lipinski definition) is 4. The largest absolute Gasteiger partial charge is 0.480 e. The van der Waals surface area contributed by atoms with Crippen molar-refractivity contribution in [3.05, 3.63) is 35.6 Å². The van der Waals surface area contributed by atoms with Crippen LogP contribution in [-0.2, 0) is 14.6 Å². The van der Waals surface area contributed by atoms with Gasteiger partial charge < -0.3 is 5.11 Å². The Morgan fingerprint density at radius 1 is 1.45 bits per heavy atom. The molecule has 1 aliphatic carbocycles. The molecule has 0 radical (unpaired) electrons. The molecule has 1 aliphatic rings. The predicted molar refractivity (Wildman–Crippen MR) is 68.1 cm³/mol. The molecule has 0 unspecified atom stereocenters. The van der Waals surface area contributed by atoms with Crippen molar-refractivity contribution >= 4 is 15.8 Å². The zero-order valence-electron chi connectivity index (χ0n) is 10.6. The molecule has 0 aromatic heterocycles. The number of hydrogen-bond donors (Lipinski definition) is 1. The predicted octanol–water partition coefficient (Wildman–Crippen LogP) is 1.32. The highest BCUT2D eigenvalue weighted by molar-refractivity contribution is 7.92. The Balaban J connectivity index is 2.54. The van der Waals surface area contributed by atoms with Crippen LogP contribution in [0.3, 0.4) is 0 Å².